The molecule has 0 spiro atoms. The largest absolute Gasteiger partial charge is 0.399 e. The molecule has 4 nitrogen and oxygen atoms in total. The van der Waals surface area contributed by atoms with Gasteiger partial charge in [0.2, 0.25) is 10.0 Å². The van der Waals surface area contributed by atoms with Crippen LogP contribution in [0.4, 0.5) is 5.69 Å². The molecule has 0 atom stereocenters. The topological polar surface area (TPSA) is 63.4 Å². The molecule has 0 aromatic heterocycles. The van der Waals surface area contributed by atoms with Gasteiger partial charge in [0.25, 0.3) is 0 Å². The summed E-state index contributed by atoms with van der Waals surface area (Å²) in [5, 5.41) is 0.604. The number of nitrogens with two attached hydrogens (primary N) is 1. The molecule has 0 aliphatic heterocycles. The second kappa shape index (κ2) is 6.69. The molecule has 2 aromatic rings. The van der Waals surface area contributed by atoms with Crippen LogP contribution in [0.2, 0.25) is 5.02 Å². The van der Waals surface area contributed by atoms with E-state index < -0.39 is 10.0 Å². The molecule has 2 rings (SSSR count). The van der Waals surface area contributed by atoms with E-state index in [1.807, 2.05) is 13.8 Å². The van der Waals surface area contributed by atoms with Crippen LogP contribution in [0.1, 0.15) is 13.8 Å². The minimum atomic E-state index is -3.59. The number of rotatable bonds is 5. The molecule has 2 aromatic carbocycles. The summed E-state index contributed by atoms with van der Waals surface area (Å²) in [4.78, 5) is 0.221. The average Bonchev–Trinajstić information content (AvgIpc) is 2.49. The lowest BCUT2D eigenvalue weighted by atomic mass is 10.1. The zero-order valence-corrected chi connectivity index (χ0v) is 14.2. The Morgan fingerprint density at radius 3 is 2.18 bits per heavy atom. The van der Waals surface area contributed by atoms with Crippen LogP contribution in [-0.4, -0.2) is 25.8 Å². The monoisotopic (exact) mass is 338 g/mol. The first-order chi connectivity index (χ1) is 10.4. The zero-order valence-electron chi connectivity index (χ0n) is 12.6. The fourth-order valence-electron chi connectivity index (χ4n) is 2.32. The van der Waals surface area contributed by atoms with E-state index in [1.165, 1.54) is 10.4 Å². The van der Waals surface area contributed by atoms with Gasteiger partial charge in [0.1, 0.15) is 0 Å². The number of nitrogens with zero attached hydrogens (tertiary/aromatic N) is 1. The molecular formula is C16H19ClN2O2S. The highest BCUT2D eigenvalue weighted by atomic mass is 35.5. The van der Waals surface area contributed by atoms with E-state index in [4.69, 9.17) is 17.3 Å². The van der Waals surface area contributed by atoms with Crippen LogP contribution >= 0.6 is 11.6 Å². The molecule has 0 saturated carbocycles. The van der Waals surface area contributed by atoms with Crippen molar-refractivity contribution in [3.63, 3.8) is 0 Å². The summed E-state index contributed by atoms with van der Waals surface area (Å²) in [6.07, 6.45) is 0. The smallest absolute Gasteiger partial charge is 0.243 e. The van der Waals surface area contributed by atoms with E-state index in [9.17, 15) is 8.42 Å². The molecule has 0 aliphatic carbocycles. The number of hydrogen-bond acceptors (Lipinski definition) is 3. The van der Waals surface area contributed by atoms with Gasteiger partial charge >= 0.3 is 0 Å². The lowest BCUT2D eigenvalue weighted by Gasteiger charge is -2.21. The molecule has 0 unspecified atom stereocenters. The maximum atomic E-state index is 12.9. The van der Waals surface area contributed by atoms with Crippen molar-refractivity contribution in [3.8, 4) is 11.1 Å². The summed E-state index contributed by atoms with van der Waals surface area (Å²) in [5.74, 6) is 0. The lowest BCUT2D eigenvalue weighted by molar-refractivity contribution is 0.445. The van der Waals surface area contributed by atoms with Crippen LogP contribution in [0.3, 0.4) is 0 Å². The van der Waals surface area contributed by atoms with Gasteiger partial charge in [-0.05, 0) is 29.8 Å². The van der Waals surface area contributed by atoms with Crippen molar-refractivity contribution in [1.82, 2.24) is 4.31 Å². The van der Waals surface area contributed by atoms with Crippen LogP contribution < -0.4 is 5.73 Å². The minimum absolute atomic E-state index is 0.221. The molecule has 22 heavy (non-hydrogen) atoms. The van der Waals surface area contributed by atoms with Crippen molar-refractivity contribution in [1.29, 1.82) is 0 Å². The number of nitrogen functional groups attached to an aromatic ring is 1. The van der Waals surface area contributed by atoms with Crippen molar-refractivity contribution in [2.45, 2.75) is 18.7 Å². The summed E-state index contributed by atoms with van der Waals surface area (Å²) in [6.45, 7) is 4.45. The van der Waals surface area contributed by atoms with Gasteiger partial charge in [0.05, 0.1) is 4.90 Å². The second-order valence-corrected chi connectivity index (χ2v) is 7.19. The third-order valence-electron chi connectivity index (χ3n) is 3.48. The molecule has 0 aliphatic rings. The highest BCUT2D eigenvalue weighted by molar-refractivity contribution is 7.89. The SMILES string of the molecule is CCN(CC)S(=O)(=O)c1cc(N)ccc1-c1ccc(Cl)cc1. The van der Waals surface area contributed by atoms with Gasteiger partial charge in [0, 0.05) is 29.4 Å². The normalized spacial score (nSPS) is 11.8. The minimum Gasteiger partial charge on any atom is -0.399 e. The molecule has 0 amide bonds. The highest BCUT2D eigenvalue weighted by Gasteiger charge is 2.25. The first kappa shape index (κ1) is 16.8. The van der Waals surface area contributed by atoms with Crippen molar-refractivity contribution >= 4 is 27.3 Å². The number of anilines is 1. The van der Waals surface area contributed by atoms with Crippen LogP contribution in [0.15, 0.2) is 47.4 Å². The fourth-order valence-corrected chi connectivity index (χ4v) is 4.16. The van der Waals surface area contributed by atoms with Gasteiger partial charge in [-0.25, -0.2) is 8.42 Å². The maximum absolute atomic E-state index is 12.9. The Morgan fingerprint density at radius 1 is 1.05 bits per heavy atom. The van der Waals surface area contributed by atoms with E-state index in [0.717, 1.165) is 5.56 Å². The van der Waals surface area contributed by atoms with E-state index >= 15 is 0 Å². The fraction of sp³-hybridized carbons (Fsp3) is 0.250. The van der Waals surface area contributed by atoms with Gasteiger partial charge in [-0.1, -0.05) is 43.6 Å². The second-order valence-electron chi connectivity index (χ2n) is 4.85. The Hall–Kier alpha value is -1.56. The Morgan fingerprint density at radius 2 is 1.64 bits per heavy atom. The van der Waals surface area contributed by atoms with Crippen molar-refractivity contribution in [2.75, 3.05) is 18.8 Å². The summed E-state index contributed by atoms with van der Waals surface area (Å²) >= 11 is 5.90. The third-order valence-corrected chi connectivity index (χ3v) is 5.83. The first-order valence-corrected chi connectivity index (χ1v) is 8.87. The number of hydrogen-bond donors (Lipinski definition) is 1. The van der Waals surface area contributed by atoms with Gasteiger partial charge in [-0.2, -0.15) is 4.31 Å². The summed E-state index contributed by atoms with van der Waals surface area (Å²) in [6, 6.07) is 12.0. The molecule has 0 radical (unpaired) electrons. The molecule has 0 fully saturated rings. The van der Waals surface area contributed by atoms with E-state index in [1.54, 1.807) is 36.4 Å². The maximum Gasteiger partial charge on any atom is 0.243 e. The quantitative estimate of drug-likeness (QED) is 0.847. The summed E-state index contributed by atoms with van der Waals surface area (Å²) in [7, 11) is -3.59. The highest BCUT2D eigenvalue weighted by Crippen LogP contribution is 2.31. The summed E-state index contributed by atoms with van der Waals surface area (Å²) in [5.41, 5.74) is 7.64. The van der Waals surface area contributed by atoms with Crippen molar-refractivity contribution in [3.05, 3.63) is 47.5 Å². The van der Waals surface area contributed by atoms with Gasteiger partial charge in [0.15, 0.2) is 0 Å². The Kier molecular flexibility index (Phi) is 5.11. The Balaban J connectivity index is 2.65. The molecule has 2 N–H and O–H groups in total. The van der Waals surface area contributed by atoms with E-state index in [-0.39, 0.29) is 4.90 Å². The van der Waals surface area contributed by atoms with Crippen molar-refractivity contribution < 1.29 is 8.42 Å². The molecular weight excluding hydrogens is 320 g/mol. The predicted molar refractivity (Wildman–Crippen MR) is 91.4 cm³/mol. The van der Waals surface area contributed by atoms with Gasteiger partial charge in [-0.3, -0.25) is 0 Å². The average molecular weight is 339 g/mol. The molecule has 0 bridgehead atoms. The number of halogens is 1. The molecule has 6 heteroatoms. The van der Waals surface area contributed by atoms with Gasteiger partial charge < -0.3 is 5.73 Å². The Labute approximate surface area is 136 Å². The summed E-state index contributed by atoms with van der Waals surface area (Å²) < 4.78 is 27.1. The lowest BCUT2D eigenvalue weighted by Crippen LogP contribution is -2.31. The van der Waals surface area contributed by atoms with Crippen LogP contribution in [0.25, 0.3) is 11.1 Å². The number of benzene rings is 2. The first-order valence-electron chi connectivity index (χ1n) is 7.05. The standard InChI is InChI=1S/C16H19ClN2O2S/c1-3-19(4-2)22(20,21)16-11-14(18)9-10-15(16)12-5-7-13(17)8-6-12/h5-11H,3-4,18H2,1-2H3. The van der Waals surface area contributed by atoms with Crippen LogP contribution in [-0.2, 0) is 10.0 Å². The van der Waals surface area contributed by atoms with Gasteiger partial charge in [-0.15, -0.1) is 0 Å². The number of sulfonamides is 1. The van der Waals surface area contributed by atoms with E-state index in [0.29, 0.717) is 29.4 Å². The van der Waals surface area contributed by atoms with Crippen LogP contribution in [0.5, 0.6) is 0 Å². The van der Waals surface area contributed by atoms with Crippen LogP contribution in [0, 0.1) is 0 Å². The zero-order chi connectivity index (χ0) is 16.3. The molecule has 0 heterocycles. The third kappa shape index (κ3) is 3.27. The van der Waals surface area contributed by atoms with Crippen molar-refractivity contribution in [2.24, 2.45) is 0 Å². The molecule has 118 valence electrons. The Bertz CT molecular complexity index is 754. The predicted octanol–water partition coefficient (Wildman–Crippen LogP) is 3.62. The molecule has 0 saturated heterocycles. The van der Waals surface area contributed by atoms with E-state index in [2.05, 4.69) is 0 Å².